The molecule has 0 aliphatic heterocycles. The zero-order chi connectivity index (χ0) is 20.1. The first kappa shape index (κ1) is 21.3. The highest BCUT2D eigenvalue weighted by Crippen LogP contribution is 2.37. The molecule has 28 heavy (non-hydrogen) atoms. The maximum absolute atomic E-state index is 6.15. The van der Waals surface area contributed by atoms with Crippen LogP contribution in [0.1, 0.15) is 11.1 Å². The van der Waals surface area contributed by atoms with Crippen LogP contribution in [0.3, 0.4) is 0 Å². The molecule has 3 nitrogen and oxygen atoms in total. The molecule has 146 valence electrons. The number of rotatable bonds is 7. The number of hydrogen-bond donors (Lipinski definition) is 1. The van der Waals surface area contributed by atoms with E-state index in [2.05, 4.69) is 37.2 Å². The van der Waals surface area contributed by atoms with E-state index in [9.17, 15) is 0 Å². The topological polar surface area (TPSA) is 30.5 Å². The van der Waals surface area contributed by atoms with Gasteiger partial charge in [0.05, 0.1) is 16.6 Å². The van der Waals surface area contributed by atoms with E-state index in [1.54, 1.807) is 7.11 Å². The molecule has 0 radical (unpaired) electrons. The van der Waals surface area contributed by atoms with E-state index in [0.717, 1.165) is 25.8 Å². The number of anilines is 1. The van der Waals surface area contributed by atoms with Crippen LogP contribution < -0.4 is 14.8 Å². The SMILES string of the molecule is COc1cc(CNc2ccc(Br)c(Cl)c2)cc(Br)c1OCc1cccc(Cl)c1. The van der Waals surface area contributed by atoms with Gasteiger partial charge in [0.2, 0.25) is 0 Å². The fraction of sp³-hybridized carbons (Fsp3) is 0.143. The Hall–Kier alpha value is -1.40. The maximum Gasteiger partial charge on any atom is 0.175 e. The minimum absolute atomic E-state index is 0.393. The Kier molecular flexibility index (Phi) is 7.52. The predicted molar refractivity (Wildman–Crippen MR) is 123 cm³/mol. The number of ether oxygens (including phenoxy) is 2. The maximum atomic E-state index is 6.15. The number of nitrogens with one attached hydrogen (secondary N) is 1. The normalized spacial score (nSPS) is 10.6. The molecule has 0 atom stereocenters. The van der Waals surface area contributed by atoms with E-state index in [-0.39, 0.29) is 0 Å². The van der Waals surface area contributed by atoms with Gasteiger partial charge >= 0.3 is 0 Å². The lowest BCUT2D eigenvalue weighted by atomic mass is 10.2. The molecule has 0 unspecified atom stereocenters. The summed E-state index contributed by atoms with van der Waals surface area (Å²) in [6.45, 7) is 1.01. The molecule has 0 amide bonds. The average Bonchev–Trinajstić information content (AvgIpc) is 2.67. The monoisotopic (exact) mass is 543 g/mol. The summed E-state index contributed by atoms with van der Waals surface area (Å²) in [5.41, 5.74) is 2.96. The summed E-state index contributed by atoms with van der Waals surface area (Å²) in [5, 5.41) is 4.70. The molecule has 0 saturated heterocycles. The fourth-order valence-electron chi connectivity index (χ4n) is 2.61. The summed E-state index contributed by atoms with van der Waals surface area (Å²) in [6, 6.07) is 17.3. The van der Waals surface area contributed by atoms with Gasteiger partial charge < -0.3 is 14.8 Å². The number of methoxy groups -OCH3 is 1. The van der Waals surface area contributed by atoms with Crippen molar-refractivity contribution in [1.82, 2.24) is 0 Å². The van der Waals surface area contributed by atoms with Crippen LogP contribution in [0.25, 0.3) is 0 Å². The molecule has 3 aromatic rings. The number of halogens is 4. The van der Waals surface area contributed by atoms with Gasteiger partial charge in [-0.3, -0.25) is 0 Å². The van der Waals surface area contributed by atoms with Crippen LogP contribution in [-0.2, 0) is 13.2 Å². The van der Waals surface area contributed by atoms with Gasteiger partial charge in [-0.05, 0) is 85.5 Å². The quantitative estimate of drug-likeness (QED) is 0.330. The van der Waals surface area contributed by atoms with E-state index in [0.29, 0.717) is 34.7 Å². The smallest absolute Gasteiger partial charge is 0.175 e. The molecule has 0 bridgehead atoms. The lowest BCUT2D eigenvalue weighted by molar-refractivity contribution is 0.282. The second-order valence-electron chi connectivity index (χ2n) is 6.01. The van der Waals surface area contributed by atoms with Crippen molar-refractivity contribution in [2.75, 3.05) is 12.4 Å². The fourth-order valence-corrected chi connectivity index (χ4v) is 3.85. The van der Waals surface area contributed by atoms with Gasteiger partial charge in [-0.15, -0.1) is 0 Å². The molecule has 1 N–H and O–H groups in total. The summed E-state index contributed by atoms with van der Waals surface area (Å²) < 4.78 is 13.2. The Morgan fingerprint density at radius 2 is 1.75 bits per heavy atom. The van der Waals surface area contributed by atoms with Crippen molar-refractivity contribution >= 4 is 60.7 Å². The molecule has 3 rings (SSSR count). The zero-order valence-electron chi connectivity index (χ0n) is 14.9. The molecule has 3 aromatic carbocycles. The van der Waals surface area contributed by atoms with E-state index < -0.39 is 0 Å². The standard InChI is InChI=1S/C21H17Br2Cl2NO2/c1-27-20-9-14(11-26-16-5-6-17(22)19(25)10-16)8-18(23)21(20)28-12-13-3-2-4-15(24)7-13/h2-10,26H,11-12H2,1H3. The first-order valence-corrected chi connectivity index (χ1v) is 10.7. The highest BCUT2D eigenvalue weighted by Gasteiger charge is 2.12. The summed E-state index contributed by atoms with van der Waals surface area (Å²) in [4.78, 5) is 0. The molecular weight excluding hydrogens is 529 g/mol. The molecule has 0 aromatic heterocycles. The first-order chi connectivity index (χ1) is 13.5. The van der Waals surface area contributed by atoms with E-state index >= 15 is 0 Å². The van der Waals surface area contributed by atoms with Gasteiger partial charge in [0.25, 0.3) is 0 Å². The van der Waals surface area contributed by atoms with Crippen molar-refractivity contribution in [1.29, 1.82) is 0 Å². The molecule has 0 heterocycles. The van der Waals surface area contributed by atoms with Gasteiger partial charge in [0.15, 0.2) is 11.5 Å². The van der Waals surface area contributed by atoms with Gasteiger partial charge in [-0.1, -0.05) is 35.3 Å². The third kappa shape index (κ3) is 5.57. The van der Waals surface area contributed by atoms with Crippen molar-refractivity contribution < 1.29 is 9.47 Å². The second-order valence-corrected chi connectivity index (χ2v) is 8.56. The Labute approximate surface area is 191 Å². The van der Waals surface area contributed by atoms with Gasteiger partial charge in [0.1, 0.15) is 6.61 Å². The van der Waals surface area contributed by atoms with Gasteiger partial charge in [-0.2, -0.15) is 0 Å². The molecule has 0 aliphatic carbocycles. The third-order valence-corrected chi connectivity index (χ3v) is 6.03. The summed E-state index contributed by atoms with van der Waals surface area (Å²) in [6.07, 6.45) is 0. The van der Waals surface area contributed by atoms with Crippen molar-refractivity contribution in [2.45, 2.75) is 13.2 Å². The first-order valence-electron chi connectivity index (χ1n) is 8.39. The predicted octanol–water partition coefficient (Wildman–Crippen LogP) is 7.72. The van der Waals surface area contributed by atoms with Gasteiger partial charge in [-0.25, -0.2) is 0 Å². The minimum atomic E-state index is 0.393. The molecule has 0 spiro atoms. The van der Waals surface area contributed by atoms with Crippen molar-refractivity contribution in [2.24, 2.45) is 0 Å². The third-order valence-electron chi connectivity index (χ3n) is 3.98. The lowest BCUT2D eigenvalue weighted by Gasteiger charge is -2.15. The molecular formula is C21H17Br2Cl2NO2. The van der Waals surface area contributed by atoms with E-state index in [1.165, 1.54) is 0 Å². The molecule has 0 aliphatic rings. The van der Waals surface area contributed by atoms with Crippen LogP contribution in [0.5, 0.6) is 11.5 Å². The number of hydrogen-bond acceptors (Lipinski definition) is 3. The average molecular weight is 546 g/mol. The van der Waals surface area contributed by atoms with Crippen molar-refractivity contribution in [3.05, 3.63) is 84.7 Å². The lowest BCUT2D eigenvalue weighted by Crippen LogP contribution is -2.03. The van der Waals surface area contributed by atoms with Crippen molar-refractivity contribution in [3.8, 4) is 11.5 Å². The van der Waals surface area contributed by atoms with Crippen LogP contribution in [0.4, 0.5) is 5.69 Å². The van der Waals surface area contributed by atoms with Crippen LogP contribution in [0.15, 0.2) is 63.5 Å². The molecule has 0 saturated carbocycles. The Morgan fingerprint density at radius 1 is 0.929 bits per heavy atom. The highest BCUT2D eigenvalue weighted by atomic mass is 79.9. The molecule has 7 heteroatoms. The van der Waals surface area contributed by atoms with Crippen molar-refractivity contribution in [3.63, 3.8) is 0 Å². The van der Waals surface area contributed by atoms with Crippen LogP contribution >= 0.6 is 55.1 Å². The highest BCUT2D eigenvalue weighted by molar-refractivity contribution is 9.10. The van der Waals surface area contributed by atoms with Crippen LogP contribution in [0.2, 0.25) is 10.0 Å². The Bertz CT molecular complexity index is 983. The molecule has 0 fully saturated rings. The largest absolute Gasteiger partial charge is 0.493 e. The summed E-state index contributed by atoms with van der Waals surface area (Å²) >= 11 is 19.2. The zero-order valence-corrected chi connectivity index (χ0v) is 19.6. The Morgan fingerprint density at radius 3 is 2.46 bits per heavy atom. The Balaban J connectivity index is 1.72. The second kappa shape index (κ2) is 9.88. The minimum Gasteiger partial charge on any atom is -0.493 e. The van der Waals surface area contributed by atoms with E-state index in [1.807, 2.05) is 54.6 Å². The number of benzene rings is 3. The summed E-state index contributed by atoms with van der Waals surface area (Å²) in [5.74, 6) is 1.31. The van der Waals surface area contributed by atoms with Gasteiger partial charge in [0, 0.05) is 21.7 Å². The van der Waals surface area contributed by atoms with Crippen LogP contribution in [-0.4, -0.2) is 7.11 Å². The summed E-state index contributed by atoms with van der Waals surface area (Å²) in [7, 11) is 1.62. The van der Waals surface area contributed by atoms with E-state index in [4.69, 9.17) is 32.7 Å². The van der Waals surface area contributed by atoms with Crippen LogP contribution in [0, 0.1) is 0 Å².